The number of benzene rings is 2. The first-order valence-corrected chi connectivity index (χ1v) is 10.7. The Morgan fingerprint density at radius 3 is 2.52 bits per heavy atom. The van der Waals surface area contributed by atoms with Gasteiger partial charge in [-0.25, -0.2) is 23.4 Å². The number of hydrogen-bond acceptors (Lipinski definition) is 5. The summed E-state index contributed by atoms with van der Waals surface area (Å²) in [6, 6.07) is 9.36. The molecule has 2 aromatic carbocycles. The Morgan fingerprint density at radius 1 is 1.06 bits per heavy atom. The number of hydrogen-bond donors (Lipinski definition) is 0. The van der Waals surface area contributed by atoms with Gasteiger partial charge in [0.1, 0.15) is 22.7 Å². The predicted octanol–water partition coefficient (Wildman–Crippen LogP) is 6.31. The second-order valence-corrected chi connectivity index (χ2v) is 8.50. The van der Waals surface area contributed by atoms with Gasteiger partial charge in [-0.2, -0.15) is 0 Å². The molecule has 5 nitrogen and oxygen atoms in total. The van der Waals surface area contributed by atoms with Crippen molar-refractivity contribution in [2.24, 2.45) is 0 Å². The van der Waals surface area contributed by atoms with Crippen molar-refractivity contribution >= 4 is 22.9 Å². The predicted molar refractivity (Wildman–Crippen MR) is 118 cm³/mol. The zero-order valence-electron chi connectivity index (χ0n) is 17.3. The lowest BCUT2D eigenvalue weighted by Gasteiger charge is -2.06. The van der Waals surface area contributed by atoms with Gasteiger partial charge in [-0.15, -0.1) is 16.4 Å². The average Bonchev–Trinajstić information content (AvgIpc) is 3.33. The summed E-state index contributed by atoms with van der Waals surface area (Å²) >= 11 is 7.30. The van der Waals surface area contributed by atoms with E-state index >= 15 is 0 Å². The zero-order chi connectivity index (χ0) is 22.3. The van der Waals surface area contributed by atoms with Crippen molar-refractivity contribution < 1.29 is 13.5 Å². The Balaban J connectivity index is 1.88. The van der Waals surface area contributed by atoms with E-state index in [2.05, 4.69) is 15.1 Å². The van der Waals surface area contributed by atoms with E-state index < -0.39 is 5.82 Å². The molecule has 0 spiro atoms. The van der Waals surface area contributed by atoms with E-state index in [9.17, 15) is 8.78 Å². The normalized spacial score (nSPS) is 12.4. The minimum Gasteiger partial charge on any atom is -0.374 e. The van der Waals surface area contributed by atoms with Gasteiger partial charge in [-0.3, -0.25) is 0 Å². The first kappa shape index (κ1) is 21.5. The Hall–Kier alpha value is -2.68. The molecule has 0 bridgehead atoms. The van der Waals surface area contributed by atoms with Crippen LogP contribution in [0.4, 0.5) is 8.78 Å². The maximum Gasteiger partial charge on any atom is 0.180 e. The Kier molecular flexibility index (Phi) is 5.88. The molecule has 0 fully saturated rings. The van der Waals surface area contributed by atoms with Crippen molar-refractivity contribution in [2.45, 2.75) is 26.9 Å². The maximum absolute atomic E-state index is 14.5. The monoisotopic (exact) mass is 460 g/mol. The molecule has 0 amide bonds. The van der Waals surface area contributed by atoms with Gasteiger partial charge in [0.15, 0.2) is 11.6 Å². The number of aromatic nitrogens is 4. The molecule has 0 N–H and O–H groups in total. The van der Waals surface area contributed by atoms with E-state index in [0.717, 1.165) is 10.4 Å². The molecule has 1 unspecified atom stereocenters. The van der Waals surface area contributed by atoms with E-state index in [-0.39, 0.29) is 16.9 Å². The highest BCUT2D eigenvalue weighted by Crippen LogP contribution is 2.37. The van der Waals surface area contributed by atoms with Crippen molar-refractivity contribution in [2.75, 3.05) is 7.11 Å². The molecule has 160 valence electrons. The van der Waals surface area contributed by atoms with Crippen molar-refractivity contribution in [1.29, 1.82) is 0 Å². The summed E-state index contributed by atoms with van der Waals surface area (Å²) in [5, 5.41) is 5.07. The zero-order valence-corrected chi connectivity index (χ0v) is 18.9. The van der Waals surface area contributed by atoms with Crippen molar-refractivity contribution in [3.8, 4) is 27.0 Å². The SMILES string of the molecule is COC(C)c1nc(-c2sc(-c3ccc(C)cc3F)nc2C)n(-c2ccc(F)c(Cl)c2)n1. The lowest BCUT2D eigenvalue weighted by Crippen LogP contribution is -2.02. The Morgan fingerprint density at radius 2 is 1.84 bits per heavy atom. The smallest absolute Gasteiger partial charge is 0.180 e. The molecule has 4 rings (SSSR count). The summed E-state index contributed by atoms with van der Waals surface area (Å²) in [5.41, 5.74) is 2.48. The number of nitrogens with zero attached hydrogens (tertiary/aromatic N) is 4. The topological polar surface area (TPSA) is 52.8 Å². The average molecular weight is 461 g/mol. The van der Waals surface area contributed by atoms with E-state index in [1.54, 1.807) is 23.9 Å². The minimum atomic E-state index is -0.524. The summed E-state index contributed by atoms with van der Waals surface area (Å²) in [7, 11) is 1.57. The summed E-state index contributed by atoms with van der Waals surface area (Å²) in [4.78, 5) is 9.94. The highest BCUT2D eigenvalue weighted by atomic mass is 35.5. The third-order valence-corrected chi connectivity index (χ3v) is 6.32. The molecule has 4 aromatic rings. The van der Waals surface area contributed by atoms with Crippen LogP contribution in [0.5, 0.6) is 0 Å². The molecule has 0 aliphatic rings. The van der Waals surface area contributed by atoms with Gasteiger partial charge >= 0.3 is 0 Å². The van der Waals surface area contributed by atoms with E-state index in [4.69, 9.17) is 16.3 Å². The summed E-state index contributed by atoms with van der Waals surface area (Å²) in [5.74, 6) is 0.0913. The molecule has 0 aliphatic carbocycles. The van der Waals surface area contributed by atoms with Crippen LogP contribution in [-0.2, 0) is 4.74 Å². The van der Waals surface area contributed by atoms with Crippen LogP contribution in [0.15, 0.2) is 36.4 Å². The van der Waals surface area contributed by atoms with Gasteiger partial charge in [0.25, 0.3) is 0 Å². The Labute approximate surface area is 187 Å². The number of rotatable bonds is 5. The van der Waals surface area contributed by atoms with Gasteiger partial charge in [0.05, 0.1) is 21.3 Å². The first-order chi connectivity index (χ1) is 14.8. The largest absolute Gasteiger partial charge is 0.374 e. The standard InChI is InChI=1S/C22H19ClF2N4OS/c1-11-5-7-15(18(25)9-11)22-26-12(2)19(31-22)21-27-20(13(3)30-4)28-29(21)14-6-8-17(24)16(23)10-14/h5-10,13H,1-4H3. The third-order valence-electron chi connectivity index (χ3n) is 4.84. The molecule has 1 atom stereocenters. The molecule has 2 aromatic heterocycles. The molecular weight excluding hydrogens is 442 g/mol. The van der Waals surface area contributed by atoms with Crippen LogP contribution in [0.25, 0.3) is 27.0 Å². The fraction of sp³-hybridized carbons (Fsp3) is 0.227. The number of halogens is 3. The number of methoxy groups -OCH3 is 1. The van der Waals surface area contributed by atoms with Gasteiger partial charge < -0.3 is 4.74 Å². The van der Waals surface area contributed by atoms with E-state index in [0.29, 0.717) is 33.6 Å². The second-order valence-electron chi connectivity index (χ2n) is 7.10. The highest BCUT2D eigenvalue weighted by Gasteiger charge is 2.23. The molecular formula is C22H19ClF2N4OS. The summed E-state index contributed by atoms with van der Waals surface area (Å²) < 4.78 is 35.2. The third kappa shape index (κ3) is 4.11. The first-order valence-electron chi connectivity index (χ1n) is 9.48. The fourth-order valence-corrected chi connectivity index (χ4v) is 4.31. The number of aryl methyl sites for hydroxylation is 2. The molecule has 31 heavy (non-hydrogen) atoms. The van der Waals surface area contributed by atoms with Gasteiger partial charge in [0, 0.05) is 12.7 Å². The van der Waals surface area contributed by atoms with Crippen molar-refractivity contribution in [1.82, 2.24) is 19.7 Å². The molecule has 0 aliphatic heterocycles. The summed E-state index contributed by atoms with van der Waals surface area (Å²) in [6.07, 6.45) is -0.363. The highest BCUT2D eigenvalue weighted by molar-refractivity contribution is 7.18. The quantitative estimate of drug-likeness (QED) is 0.350. The van der Waals surface area contributed by atoms with Gasteiger partial charge in [-0.05, 0) is 56.7 Å². The van der Waals surface area contributed by atoms with Crippen LogP contribution in [-0.4, -0.2) is 26.9 Å². The van der Waals surface area contributed by atoms with Crippen LogP contribution >= 0.6 is 22.9 Å². The lowest BCUT2D eigenvalue weighted by atomic mass is 10.1. The fourth-order valence-electron chi connectivity index (χ4n) is 3.06. The molecule has 9 heteroatoms. The van der Waals surface area contributed by atoms with Crippen molar-refractivity contribution in [3.05, 3.63) is 70.1 Å². The van der Waals surface area contributed by atoms with Gasteiger partial charge in [-0.1, -0.05) is 17.7 Å². The summed E-state index contributed by atoms with van der Waals surface area (Å²) in [6.45, 7) is 5.49. The van der Waals surface area contributed by atoms with Gasteiger partial charge in [0.2, 0.25) is 0 Å². The number of ether oxygens (including phenoxy) is 1. The van der Waals surface area contributed by atoms with Crippen LogP contribution in [0.2, 0.25) is 5.02 Å². The molecule has 0 saturated carbocycles. The van der Waals surface area contributed by atoms with Crippen LogP contribution in [0.1, 0.15) is 30.1 Å². The van der Waals surface area contributed by atoms with Crippen LogP contribution < -0.4 is 0 Å². The minimum absolute atomic E-state index is 0.0243. The Bertz CT molecular complexity index is 1270. The number of thiazole rings is 1. The molecule has 2 heterocycles. The van der Waals surface area contributed by atoms with E-state index in [1.807, 2.05) is 26.8 Å². The van der Waals surface area contributed by atoms with Crippen LogP contribution in [0.3, 0.4) is 0 Å². The van der Waals surface area contributed by atoms with E-state index in [1.165, 1.54) is 29.5 Å². The molecule has 0 radical (unpaired) electrons. The second kappa shape index (κ2) is 8.45. The lowest BCUT2D eigenvalue weighted by molar-refractivity contribution is 0.112. The van der Waals surface area contributed by atoms with Crippen molar-refractivity contribution in [3.63, 3.8) is 0 Å². The molecule has 0 saturated heterocycles. The maximum atomic E-state index is 14.5. The van der Waals surface area contributed by atoms with Crippen LogP contribution in [0, 0.1) is 25.5 Å².